The van der Waals surface area contributed by atoms with Gasteiger partial charge in [-0.05, 0) is 29.7 Å². The molecule has 1 amide bonds. The third kappa shape index (κ3) is 3.19. The quantitative estimate of drug-likeness (QED) is 0.945. The minimum absolute atomic E-state index is 0.00410. The van der Waals surface area contributed by atoms with Gasteiger partial charge in [0.25, 0.3) is 0 Å². The van der Waals surface area contributed by atoms with Crippen molar-refractivity contribution in [3.63, 3.8) is 0 Å². The molecule has 0 saturated carbocycles. The molecule has 2 aromatic carbocycles. The number of hydrogen-bond acceptors (Lipinski definition) is 2. The minimum atomic E-state index is -0.151. The minimum Gasteiger partial charge on any atom is -0.492 e. The molecule has 3 rings (SSSR count). The van der Waals surface area contributed by atoms with Gasteiger partial charge < -0.3 is 10.1 Å². The van der Waals surface area contributed by atoms with E-state index in [0.717, 1.165) is 16.9 Å². The van der Waals surface area contributed by atoms with Crippen LogP contribution in [0.25, 0.3) is 0 Å². The van der Waals surface area contributed by atoms with Crippen molar-refractivity contribution >= 4 is 17.5 Å². The van der Waals surface area contributed by atoms with E-state index in [-0.39, 0.29) is 11.8 Å². The van der Waals surface area contributed by atoms with E-state index < -0.39 is 0 Å². The molecule has 2 aromatic rings. The van der Waals surface area contributed by atoms with Gasteiger partial charge in [0.15, 0.2) is 0 Å². The van der Waals surface area contributed by atoms with Gasteiger partial charge in [0.05, 0.1) is 5.92 Å². The highest BCUT2D eigenvalue weighted by Crippen LogP contribution is 2.26. The van der Waals surface area contributed by atoms with Gasteiger partial charge in [-0.25, -0.2) is 0 Å². The van der Waals surface area contributed by atoms with Gasteiger partial charge in [-0.15, -0.1) is 0 Å². The highest BCUT2D eigenvalue weighted by molar-refractivity contribution is 6.31. The lowest BCUT2D eigenvalue weighted by Crippen LogP contribution is -2.37. The highest BCUT2D eigenvalue weighted by Gasteiger charge is 2.25. The fourth-order valence-electron chi connectivity index (χ4n) is 2.46. The number of para-hydroxylation sites is 1. The second-order valence-electron chi connectivity index (χ2n) is 5.13. The van der Waals surface area contributed by atoms with Crippen molar-refractivity contribution in [3.8, 4) is 5.75 Å². The van der Waals surface area contributed by atoms with E-state index in [1.807, 2.05) is 48.5 Å². The van der Waals surface area contributed by atoms with E-state index in [1.165, 1.54) is 0 Å². The third-order valence-electron chi connectivity index (χ3n) is 3.66. The Morgan fingerprint density at radius 1 is 1.19 bits per heavy atom. The first-order valence-electron chi connectivity index (χ1n) is 6.96. The smallest absolute Gasteiger partial charge is 0.227 e. The van der Waals surface area contributed by atoms with Crippen LogP contribution in [0.5, 0.6) is 5.75 Å². The van der Waals surface area contributed by atoms with Crippen LogP contribution in [0, 0.1) is 5.92 Å². The van der Waals surface area contributed by atoms with Crippen molar-refractivity contribution in [1.82, 2.24) is 5.32 Å². The summed E-state index contributed by atoms with van der Waals surface area (Å²) in [5, 5.41) is 3.61. The fraction of sp³-hybridized carbons (Fsp3) is 0.235. The van der Waals surface area contributed by atoms with Crippen molar-refractivity contribution in [2.24, 2.45) is 5.92 Å². The normalized spacial score (nSPS) is 16.7. The summed E-state index contributed by atoms with van der Waals surface area (Å²) in [6.45, 7) is 0.863. The molecule has 0 radical (unpaired) electrons. The molecule has 0 fully saturated rings. The third-order valence-corrected chi connectivity index (χ3v) is 4.03. The van der Waals surface area contributed by atoms with Crippen LogP contribution in [0.1, 0.15) is 11.1 Å². The molecule has 0 saturated heterocycles. The first-order valence-corrected chi connectivity index (χ1v) is 7.33. The number of ether oxygens (including phenoxy) is 1. The Morgan fingerprint density at radius 3 is 2.81 bits per heavy atom. The molecule has 1 heterocycles. The Bertz CT molecular complexity index is 657. The summed E-state index contributed by atoms with van der Waals surface area (Å²) < 4.78 is 5.65. The van der Waals surface area contributed by atoms with E-state index in [0.29, 0.717) is 24.6 Å². The fourth-order valence-corrected chi connectivity index (χ4v) is 2.67. The predicted molar refractivity (Wildman–Crippen MR) is 82.4 cm³/mol. The molecule has 1 atom stereocenters. The van der Waals surface area contributed by atoms with Crippen molar-refractivity contribution < 1.29 is 9.53 Å². The monoisotopic (exact) mass is 301 g/mol. The molecule has 0 spiro atoms. The summed E-state index contributed by atoms with van der Waals surface area (Å²) in [4.78, 5) is 12.3. The maximum Gasteiger partial charge on any atom is 0.227 e. The van der Waals surface area contributed by atoms with Crippen molar-refractivity contribution in [2.75, 3.05) is 6.61 Å². The number of amides is 1. The SMILES string of the molecule is O=C(NCc1ccccc1Cl)C1COc2ccccc2C1. The lowest BCUT2D eigenvalue weighted by atomic mass is 9.96. The lowest BCUT2D eigenvalue weighted by Gasteiger charge is -2.24. The van der Waals surface area contributed by atoms with Crippen LogP contribution in [-0.2, 0) is 17.8 Å². The number of halogens is 1. The van der Waals surface area contributed by atoms with E-state index in [1.54, 1.807) is 0 Å². The van der Waals surface area contributed by atoms with Gasteiger partial charge >= 0.3 is 0 Å². The van der Waals surface area contributed by atoms with Gasteiger partial charge in [0.2, 0.25) is 5.91 Å². The second kappa shape index (κ2) is 6.19. The summed E-state index contributed by atoms with van der Waals surface area (Å²) in [6.07, 6.45) is 0.713. The average molecular weight is 302 g/mol. The van der Waals surface area contributed by atoms with Crippen LogP contribution in [0.4, 0.5) is 0 Å². The predicted octanol–water partition coefficient (Wildman–Crippen LogP) is 3.21. The maximum absolute atomic E-state index is 12.3. The highest BCUT2D eigenvalue weighted by atomic mass is 35.5. The summed E-state index contributed by atoms with van der Waals surface area (Å²) in [6, 6.07) is 15.4. The molecule has 21 heavy (non-hydrogen) atoms. The Kier molecular flexibility index (Phi) is 4.11. The largest absolute Gasteiger partial charge is 0.492 e. The summed E-state index contributed by atoms with van der Waals surface area (Å²) in [5.41, 5.74) is 2.01. The molecule has 3 nitrogen and oxygen atoms in total. The first kappa shape index (κ1) is 14.0. The van der Waals surface area contributed by atoms with Crippen LogP contribution in [0.3, 0.4) is 0 Å². The summed E-state index contributed by atoms with van der Waals surface area (Å²) >= 11 is 6.08. The van der Waals surface area contributed by atoms with Crippen molar-refractivity contribution in [3.05, 3.63) is 64.7 Å². The maximum atomic E-state index is 12.3. The molecule has 1 N–H and O–H groups in total. The molecular formula is C17H16ClNO2. The summed E-state index contributed by atoms with van der Waals surface area (Å²) in [7, 11) is 0. The number of fused-ring (bicyclic) bond motifs is 1. The van der Waals surface area contributed by atoms with Crippen LogP contribution in [-0.4, -0.2) is 12.5 Å². The molecule has 1 aliphatic rings. The first-order chi connectivity index (χ1) is 10.2. The van der Waals surface area contributed by atoms with E-state index in [4.69, 9.17) is 16.3 Å². The molecule has 4 heteroatoms. The van der Waals surface area contributed by atoms with Crippen molar-refractivity contribution in [1.29, 1.82) is 0 Å². The Labute approximate surface area is 128 Å². The number of carbonyl (C=O) groups is 1. The second-order valence-corrected chi connectivity index (χ2v) is 5.54. The van der Waals surface area contributed by atoms with Gasteiger partial charge in [-0.3, -0.25) is 4.79 Å². The van der Waals surface area contributed by atoms with Crippen LogP contribution in [0.15, 0.2) is 48.5 Å². The van der Waals surface area contributed by atoms with E-state index >= 15 is 0 Å². The van der Waals surface area contributed by atoms with Gasteiger partial charge in [-0.2, -0.15) is 0 Å². The molecule has 0 aliphatic carbocycles. The van der Waals surface area contributed by atoms with Gasteiger partial charge in [0, 0.05) is 11.6 Å². The zero-order chi connectivity index (χ0) is 14.7. The number of nitrogens with one attached hydrogen (secondary N) is 1. The van der Waals surface area contributed by atoms with Gasteiger partial charge in [-0.1, -0.05) is 48.0 Å². The zero-order valence-corrected chi connectivity index (χ0v) is 12.3. The number of hydrogen-bond donors (Lipinski definition) is 1. The number of carbonyl (C=O) groups excluding carboxylic acids is 1. The van der Waals surface area contributed by atoms with Crippen molar-refractivity contribution in [2.45, 2.75) is 13.0 Å². The molecule has 1 unspecified atom stereocenters. The molecule has 0 bridgehead atoms. The van der Waals surface area contributed by atoms with Crippen LogP contribution in [0.2, 0.25) is 5.02 Å². The van der Waals surface area contributed by atoms with Crippen LogP contribution >= 0.6 is 11.6 Å². The van der Waals surface area contributed by atoms with E-state index in [2.05, 4.69) is 5.32 Å². The van der Waals surface area contributed by atoms with Crippen LogP contribution < -0.4 is 10.1 Å². The molecule has 0 aromatic heterocycles. The standard InChI is InChI=1S/C17H16ClNO2/c18-15-7-3-1-6-13(15)10-19-17(20)14-9-12-5-2-4-8-16(12)21-11-14/h1-8,14H,9-11H2,(H,19,20). The topological polar surface area (TPSA) is 38.3 Å². The average Bonchev–Trinajstić information content (AvgIpc) is 2.53. The summed E-state index contributed by atoms with van der Waals surface area (Å²) in [5.74, 6) is 0.736. The van der Waals surface area contributed by atoms with Gasteiger partial charge in [0.1, 0.15) is 12.4 Å². The Morgan fingerprint density at radius 2 is 1.95 bits per heavy atom. The number of benzene rings is 2. The number of rotatable bonds is 3. The zero-order valence-electron chi connectivity index (χ0n) is 11.5. The Balaban J connectivity index is 1.61. The van der Waals surface area contributed by atoms with E-state index in [9.17, 15) is 4.79 Å². The molecule has 108 valence electrons. The molecule has 1 aliphatic heterocycles. The lowest BCUT2D eigenvalue weighted by molar-refractivity contribution is -0.126. The molecular weight excluding hydrogens is 286 g/mol. The Hall–Kier alpha value is -2.00.